The molecule has 0 aliphatic carbocycles. The molecule has 0 aromatic rings. The lowest BCUT2D eigenvalue weighted by molar-refractivity contribution is 0.0958. The summed E-state index contributed by atoms with van der Waals surface area (Å²) in [5.41, 5.74) is 0. The van der Waals surface area contributed by atoms with Gasteiger partial charge in [-0.05, 0) is 45.6 Å². The van der Waals surface area contributed by atoms with Gasteiger partial charge in [-0.3, -0.25) is 0 Å². The summed E-state index contributed by atoms with van der Waals surface area (Å²) in [6.45, 7) is 3.40. The highest BCUT2D eigenvalue weighted by atomic mass is 32.2. The van der Waals surface area contributed by atoms with E-state index in [4.69, 9.17) is 4.74 Å². The van der Waals surface area contributed by atoms with Crippen LogP contribution in [0.3, 0.4) is 0 Å². The van der Waals surface area contributed by atoms with Gasteiger partial charge in [0.25, 0.3) is 0 Å². The normalized spacial score (nSPS) is 25.2. The maximum Gasteiger partial charge on any atom is 0.211 e. The van der Waals surface area contributed by atoms with Gasteiger partial charge < -0.3 is 10.1 Å². The topological polar surface area (TPSA) is 58.6 Å². The molecular weight excluding hydrogens is 264 g/mol. The monoisotopic (exact) mass is 292 g/mol. The fourth-order valence-electron chi connectivity index (χ4n) is 2.75. The molecule has 5 nitrogen and oxygen atoms in total. The lowest BCUT2D eigenvalue weighted by Gasteiger charge is -2.33. The first-order chi connectivity index (χ1) is 8.86. The second kappa shape index (κ2) is 7.57. The predicted molar refractivity (Wildman–Crippen MR) is 77.7 cm³/mol. The Morgan fingerprint density at radius 2 is 2.16 bits per heavy atom. The van der Waals surface area contributed by atoms with Gasteiger partial charge in [0.05, 0.1) is 12.4 Å². The minimum absolute atomic E-state index is 0.229. The van der Waals surface area contributed by atoms with Crippen LogP contribution < -0.4 is 5.32 Å². The first kappa shape index (κ1) is 16.9. The van der Waals surface area contributed by atoms with E-state index in [9.17, 15) is 8.42 Å². The first-order valence-electron chi connectivity index (χ1n) is 7.02. The quantitative estimate of drug-likeness (QED) is 0.762. The zero-order chi connectivity index (χ0) is 14.5. The molecule has 0 aromatic carbocycles. The lowest BCUT2D eigenvalue weighted by atomic mass is 9.90. The number of sulfonamides is 1. The van der Waals surface area contributed by atoms with Crippen molar-refractivity contribution in [3.8, 4) is 0 Å². The summed E-state index contributed by atoms with van der Waals surface area (Å²) in [7, 11) is 0.647. The van der Waals surface area contributed by atoms with E-state index in [0.29, 0.717) is 25.0 Å². The van der Waals surface area contributed by atoms with Crippen LogP contribution >= 0.6 is 0 Å². The van der Waals surface area contributed by atoms with Crippen molar-refractivity contribution in [2.75, 3.05) is 33.5 Å². The number of nitrogens with zero attached hydrogens (tertiary/aromatic N) is 1. The Labute approximate surface area is 117 Å². The van der Waals surface area contributed by atoms with E-state index in [1.165, 1.54) is 6.26 Å². The molecule has 0 amide bonds. The van der Waals surface area contributed by atoms with Crippen molar-refractivity contribution in [3.63, 3.8) is 0 Å². The number of nitrogens with one attached hydrogen (secondary N) is 1. The van der Waals surface area contributed by atoms with Crippen molar-refractivity contribution in [1.29, 1.82) is 0 Å². The zero-order valence-electron chi connectivity index (χ0n) is 12.6. The molecule has 6 heteroatoms. The summed E-state index contributed by atoms with van der Waals surface area (Å²) in [5.74, 6) is 0.449. The largest absolute Gasteiger partial charge is 0.382 e. The van der Waals surface area contributed by atoms with Gasteiger partial charge in [-0.2, -0.15) is 0 Å². The molecule has 114 valence electrons. The van der Waals surface area contributed by atoms with E-state index >= 15 is 0 Å². The van der Waals surface area contributed by atoms with E-state index in [-0.39, 0.29) is 6.10 Å². The Morgan fingerprint density at radius 1 is 1.47 bits per heavy atom. The number of hydrogen-bond donors (Lipinski definition) is 1. The Balaban J connectivity index is 2.50. The molecule has 1 rings (SSSR count). The molecule has 1 aliphatic rings. The van der Waals surface area contributed by atoms with Gasteiger partial charge in [-0.25, -0.2) is 12.7 Å². The maximum absolute atomic E-state index is 11.6. The van der Waals surface area contributed by atoms with E-state index in [0.717, 1.165) is 25.7 Å². The molecule has 1 heterocycles. The molecule has 0 spiro atoms. The second-order valence-corrected chi connectivity index (χ2v) is 7.62. The highest BCUT2D eigenvalue weighted by Gasteiger charge is 2.27. The summed E-state index contributed by atoms with van der Waals surface area (Å²) in [4.78, 5) is 0. The molecule has 1 fully saturated rings. The van der Waals surface area contributed by atoms with Crippen LogP contribution in [-0.4, -0.2) is 58.4 Å². The van der Waals surface area contributed by atoms with Gasteiger partial charge >= 0.3 is 0 Å². The van der Waals surface area contributed by atoms with Gasteiger partial charge in [-0.1, -0.05) is 0 Å². The van der Waals surface area contributed by atoms with Crippen LogP contribution in [0.2, 0.25) is 0 Å². The van der Waals surface area contributed by atoms with Crippen LogP contribution in [0, 0.1) is 5.92 Å². The Morgan fingerprint density at radius 3 is 2.68 bits per heavy atom. The lowest BCUT2D eigenvalue weighted by Crippen LogP contribution is -2.42. The summed E-state index contributed by atoms with van der Waals surface area (Å²) in [6, 6.07) is 0.388. The molecule has 0 aromatic heterocycles. The Hall–Kier alpha value is -0.170. The maximum atomic E-state index is 11.6. The summed E-state index contributed by atoms with van der Waals surface area (Å²) >= 11 is 0. The van der Waals surface area contributed by atoms with Gasteiger partial charge in [0.15, 0.2) is 0 Å². The highest BCUT2D eigenvalue weighted by Crippen LogP contribution is 2.24. The van der Waals surface area contributed by atoms with Crippen LogP contribution in [0.5, 0.6) is 0 Å². The fourth-order valence-corrected chi connectivity index (χ4v) is 3.69. The Kier molecular flexibility index (Phi) is 6.73. The van der Waals surface area contributed by atoms with Crippen LogP contribution in [0.25, 0.3) is 0 Å². The van der Waals surface area contributed by atoms with Crippen molar-refractivity contribution in [2.45, 2.75) is 44.8 Å². The SMILES string of the molecule is CNC(CC1CCCN(S(C)(=O)=O)C1)CC(C)OC. The first-order valence-corrected chi connectivity index (χ1v) is 8.86. The standard InChI is InChI=1S/C13H28N2O3S/c1-11(18-3)8-13(14-2)9-12-6-5-7-15(10-12)19(4,16)17/h11-14H,5-10H2,1-4H3. The van der Waals surface area contributed by atoms with Crippen LogP contribution in [-0.2, 0) is 14.8 Å². The van der Waals surface area contributed by atoms with E-state index in [2.05, 4.69) is 12.2 Å². The fraction of sp³-hybridized carbons (Fsp3) is 1.00. The third-order valence-electron chi connectivity index (χ3n) is 4.00. The molecule has 3 unspecified atom stereocenters. The average Bonchev–Trinajstić information content (AvgIpc) is 2.37. The molecule has 0 radical (unpaired) electrons. The molecule has 0 bridgehead atoms. The third-order valence-corrected chi connectivity index (χ3v) is 5.27. The van der Waals surface area contributed by atoms with Gasteiger partial charge in [0.1, 0.15) is 0 Å². The van der Waals surface area contributed by atoms with Crippen molar-refractivity contribution in [1.82, 2.24) is 9.62 Å². The molecule has 1 N–H and O–H groups in total. The van der Waals surface area contributed by atoms with Gasteiger partial charge in [0, 0.05) is 26.2 Å². The highest BCUT2D eigenvalue weighted by molar-refractivity contribution is 7.88. The molecule has 19 heavy (non-hydrogen) atoms. The molecule has 3 atom stereocenters. The summed E-state index contributed by atoms with van der Waals surface area (Å²) in [5, 5.41) is 3.32. The van der Waals surface area contributed by atoms with Crippen molar-refractivity contribution in [2.24, 2.45) is 5.92 Å². The number of ether oxygens (including phenoxy) is 1. The summed E-state index contributed by atoms with van der Waals surface area (Å²) < 4.78 is 30.1. The summed E-state index contributed by atoms with van der Waals surface area (Å²) in [6.07, 6.45) is 5.59. The number of piperidine rings is 1. The zero-order valence-corrected chi connectivity index (χ0v) is 13.4. The second-order valence-electron chi connectivity index (χ2n) is 5.63. The van der Waals surface area contributed by atoms with Crippen molar-refractivity contribution >= 4 is 10.0 Å². The Bertz CT molecular complexity index is 359. The van der Waals surface area contributed by atoms with Crippen LogP contribution in [0.4, 0.5) is 0 Å². The van der Waals surface area contributed by atoms with Gasteiger partial charge in [-0.15, -0.1) is 0 Å². The van der Waals surface area contributed by atoms with Crippen LogP contribution in [0.1, 0.15) is 32.6 Å². The van der Waals surface area contributed by atoms with E-state index in [1.54, 1.807) is 11.4 Å². The van der Waals surface area contributed by atoms with Gasteiger partial charge in [0.2, 0.25) is 10.0 Å². The van der Waals surface area contributed by atoms with Crippen LogP contribution in [0.15, 0.2) is 0 Å². The molecule has 1 saturated heterocycles. The molecular formula is C13H28N2O3S. The van der Waals surface area contributed by atoms with E-state index < -0.39 is 10.0 Å². The predicted octanol–water partition coefficient (Wildman–Crippen LogP) is 1.06. The minimum atomic E-state index is -3.04. The van der Waals surface area contributed by atoms with Crippen molar-refractivity contribution < 1.29 is 13.2 Å². The molecule has 0 saturated carbocycles. The van der Waals surface area contributed by atoms with Crippen molar-refractivity contribution in [3.05, 3.63) is 0 Å². The van der Waals surface area contributed by atoms with E-state index in [1.807, 2.05) is 7.05 Å². The smallest absolute Gasteiger partial charge is 0.211 e. The number of rotatable bonds is 7. The number of methoxy groups -OCH3 is 1. The third kappa shape index (κ3) is 5.77. The number of hydrogen-bond acceptors (Lipinski definition) is 4. The average molecular weight is 292 g/mol. The molecule has 1 aliphatic heterocycles. The minimum Gasteiger partial charge on any atom is -0.382 e.